The Kier molecular flexibility index (Phi) is 8.26. The second-order valence-electron chi connectivity index (χ2n) is 9.35. The Morgan fingerprint density at radius 3 is 2.06 bits per heavy atom. The Labute approximate surface area is 196 Å². The van der Waals surface area contributed by atoms with Gasteiger partial charge >= 0.3 is 6.09 Å². The molecule has 3 aromatic carbocycles. The highest BCUT2D eigenvalue weighted by molar-refractivity contribution is 5.67. The molecule has 5 heteroatoms. The highest BCUT2D eigenvalue weighted by atomic mass is 16.4. The molecule has 0 fully saturated rings. The molecule has 3 rings (SSSR count). The van der Waals surface area contributed by atoms with Gasteiger partial charge in [0.05, 0.1) is 12.1 Å². The van der Waals surface area contributed by atoms with E-state index in [1.54, 1.807) is 0 Å². The molecule has 0 aliphatic rings. The van der Waals surface area contributed by atoms with Crippen molar-refractivity contribution in [2.24, 2.45) is 0 Å². The minimum atomic E-state index is -1.03. The molecule has 0 aliphatic carbocycles. The summed E-state index contributed by atoms with van der Waals surface area (Å²) < 4.78 is 0. The molecule has 0 heterocycles. The first kappa shape index (κ1) is 24.5. The van der Waals surface area contributed by atoms with Crippen molar-refractivity contribution in [3.63, 3.8) is 0 Å². The van der Waals surface area contributed by atoms with E-state index in [0.29, 0.717) is 13.0 Å². The third kappa shape index (κ3) is 6.91. The molecule has 0 saturated heterocycles. The number of hydrogen-bond acceptors (Lipinski definition) is 3. The molecule has 0 bridgehead atoms. The Bertz CT molecular complexity index is 1020. The molecule has 2 atom stereocenters. The summed E-state index contributed by atoms with van der Waals surface area (Å²) in [6, 6.07) is 27.6. The van der Waals surface area contributed by atoms with Crippen LogP contribution < -0.4 is 5.32 Å². The maximum atomic E-state index is 12.1. The van der Waals surface area contributed by atoms with Gasteiger partial charge in [-0.05, 0) is 55.5 Å². The molecular formula is C28H34N2O3. The third-order valence-corrected chi connectivity index (χ3v) is 5.71. The van der Waals surface area contributed by atoms with E-state index in [9.17, 15) is 15.0 Å². The van der Waals surface area contributed by atoms with Crippen LogP contribution in [-0.2, 0) is 13.0 Å². The van der Waals surface area contributed by atoms with Gasteiger partial charge in [0.25, 0.3) is 0 Å². The summed E-state index contributed by atoms with van der Waals surface area (Å²) in [5.41, 5.74) is 3.75. The van der Waals surface area contributed by atoms with Gasteiger partial charge in [0.2, 0.25) is 0 Å². The van der Waals surface area contributed by atoms with Crippen LogP contribution in [0.15, 0.2) is 84.9 Å². The number of rotatable bonds is 9. The Hall–Kier alpha value is -3.15. The van der Waals surface area contributed by atoms with Crippen LogP contribution in [0.2, 0.25) is 0 Å². The minimum absolute atomic E-state index is 0.285. The molecule has 33 heavy (non-hydrogen) atoms. The normalized spacial score (nSPS) is 13.3. The average Bonchev–Trinajstić information content (AvgIpc) is 2.79. The number of nitrogens with one attached hydrogen (secondary N) is 1. The Morgan fingerprint density at radius 2 is 1.45 bits per heavy atom. The van der Waals surface area contributed by atoms with Gasteiger partial charge in [-0.25, -0.2) is 4.79 Å². The third-order valence-electron chi connectivity index (χ3n) is 5.71. The van der Waals surface area contributed by atoms with Crippen molar-refractivity contribution >= 4 is 6.09 Å². The largest absolute Gasteiger partial charge is 0.465 e. The van der Waals surface area contributed by atoms with E-state index in [2.05, 4.69) is 29.6 Å². The molecule has 3 N–H and O–H groups in total. The van der Waals surface area contributed by atoms with Gasteiger partial charge in [-0.15, -0.1) is 0 Å². The highest BCUT2D eigenvalue weighted by Gasteiger charge is 2.37. The first-order chi connectivity index (χ1) is 15.8. The predicted molar refractivity (Wildman–Crippen MR) is 133 cm³/mol. The Balaban J connectivity index is 1.70. The number of amides is 1. The molecule has 0 unspecified atom stereocenters. The Morgan fingerprint density at radius 1 is 0.879 bits per heavy atom. The quantitative estimate of drug-likeness (QED) is 0.423. The fourth-order valence-electron chi connectivity index (χ4n) is 4.17. The smallest absolute Gasteiger partial charge is 0.408 e. The SMILES string of the molecule is CC(C)(C)N(C(=O)O)[C@@H](Cc1ccccc1)[C@H](O)CNCc1cccc(-c2ccccc2)c1. The van der Waals surface area contributed by atoms with Gasteiger partial charge in [0.15, 0.2) is 0 Å². The molecule has 3 aromatic rings. The number of aliphatic hydroxyl groups is 1. The van der Waals surface area contributed by atoms with Crippen LogP contribution >= 0.6 is 0 Å². The van der Waals surface area contributed by atoms with Crippen molar-refractivity contribution in [1.82, 2.24) is 10.2 Å². The zero-order valence-corrected chi connectivity index (χ0v) is 19.6. The van der Waals surface area contributed by atoms with Crippen molar-refractivity contribution in [2.75, 3.05) is 6.54 Å². The highest BCUT2D eigenvalue weighted by Crippen LogP contribution is 2.23. The lowest BCUT2D eigenvalue weighted by atomic mass is 9.94. The topological polar surface area (TPSA) is 72.8 Å². The average molecular weight is 447 g/mol. The minimum Gasteiger partial charge on any atom is -0.465 e. The van der Waals surface area contributed by atoms with Crippen LogP contribution in [0.25, 0.3) is 11.1 Å². The van der Waals surface area contributed by atoms with Crippen molar-refractivity contribution in [3.8, 4) is 11.1 Å². The fraction of sp³-hybridized carbons (Fsp3) is 0.321. The van der Waals surface area contributed by atoms with Crippen LogP contribution in [0.3, 0.4) is 0 Å². The maximum absolute atomic E-state index is 12.1. The van der Waals surface area contributed by atoms with E-state index in [0.717, 1.165) is 22.3 Å². The summed E-state index contributed by atoms with van der Waals surface area (Å²) in [6.07, 6.45) is -1.45. The summed E-state index contributed by atoms with van der Waals surface area (Å²) >= 11 is 0. The molecule has 5 nitrogen and oxygen atoms in total. The summed E-state index contributed by atoms with van der Waals surface area (Å²) in [7, 11) is 0. The molecule has 0 spiro atoms. The van der Waals surface area contributed by atoms with Crippen LogP contribution in [-0.4, -0.2) is 45.4 Å². The molecule has 0 aromatic heterocycles. The number of hydrogen-bond donors (Lipinski definition) is 3. The molecule has 0 aliphatic heterocycles. The predicted octanol–water partition coefficient (Wildman–Crippen LogP) is 5.19. The van der Waals surface area contributed by atoms with E-state index >= 15 is 0 Å². The lowest BCUT2D eigenvalue weighted by molar-refractivity contribution is 0.00770. The number of carboxylic acid groups (broad SMARTS) is 1. The van der Waals surface area contributed by atoms with Crippen LogP contribution in [0.5, 0.6) is 0 Å². The molecule has 0 saturated carbocycles. The molecule has 1 amide bonds. The zero-order chi connectivity index (χ0) is 23.8. The zero-order valence-electron chi connectivity index (χ0n) is 19.6. The summed E-state index contributed by atoms with van der Waals surface area (Å²) in [5.74, 6) is 0. The van der Waals surface area contributed by atoms with E-state index in [1.165, 1.54) is 4.90 Å². The number of aliphatic hydroxyl groups excluding tert-OH is 1. The van der Waals surface area contributed by atoms with E-state index in [1.807, 2.05) is 81.4 Å². The molecule has 0 radical (unpaired) electrons. The summed E-state index contributed by atoms with van der Waals surface area (Å²) in [6.45, 7) is 6.43. The maximum Gasteiger partial charge on any atom is 0.408 e. The van der Waals surface area contributed by atoms with Gasteiger partial charge < -0.3 is 15.5 Å². The van der Waals surface area contributed by atoms with Gasteiger partial charge in [-0.2, -0.15) is 0 Å². The number of benzene rings is 3. The van der Waals surface area contributed by atoms with Crippen LogP contribution in [0.4, 0.5) is 4.79 Å². The first-order valence-corrected chi connectivity index (χ1v) is 11.3. The molecular weight excluding hydrogens is 412 g/mol. The van der Waals surface area contributed by atoms with Gasteiger partial charge in [-0.3, -0.25) is 4.90 Å². The summed E-state index contributed by atoms with van der Waals surface area (Å²) in [4.78, 5) is 13.5. The van der Waals surface area contributed by atoms with Crippen molar-refractivity contribution < 1.29 is 15.0 Å². The lowest BCUT2D eigenvalue weighted by Gasteiger charge is -2.42. The fourth-order valence-corrected chi connectivity index (χ4v) is 4.17. The second-order valence-corrected chi connectivity index (χ2v) is 9.35. The standard InChI is InChI=1S/C28H34N2O3/c1-28(2,3)30(27(32)33)25(18-21-11-6-4-7-12-21)26(31)20-29-19-22-13-10-16-24(17-22)23-14-8-5-9-15-23/h4-17,25-26,29,31H,18-20H2,1-3H3,(H,32,33)/t25-,26+/m0/s1. The lowest BCUT2D eigenvalue weighted by Crippen LogP contribution is -2.58. The van der Waals surface area contributed by atoms with Crippen LogP contribution in [0, 0.1) is 0 Å². The first-order valence-electron chi connectivity index (χ1n) is 11.3. The van der Waals surface area contributed by atoms with E-state index in [-0.39, 0.29) is 6.54 Å². The van der Waals surface area contributed by atoms with Crippen molar-refractivity contribution in [2.45, 2.75) is 51.4 Å². The van der Waals surface area contributed by atoms with Crippen LogP contribution in [0.1, 0.15) is 31.9 Å². The molecule has 174 valence electrons. The number of carbonyl (C=O) groups is 1. The number of nitrogens with zero attached hydrogens (tertiary/aromatic N) is 1. The van der Waals surface area contributed by atoms with Crippen molar-refractivity contribution in [1.29, 1.82) is 0 Å². The van der Waals surface area contributed by atoms with Gasteiger partial charge in [0, 0.05) is 18.6 Å². The van der Waals surface area contributed by atoms with Gasteiger partial charge in [0.1, 0.15) is 0 Å². The van der Waals surface area contributed by atoms with E-state index in [4.69, 9.17) is 0 Å². The second kappa shape index (κ2) is 11.1. The monoisotopic (exact) mass is 446 g/mol. The van der Waals surface area contributed by atoms with E-state index < -0.39 is 23.8 Å². The van der Waals surface area contributed by atoms with Gasteiger partial charge in [-0.1, -0.05) is 78.9 Å². The van der Waals surface area contributed by atoms with Crippen molar-refractivity contribution in [3.05, 3.63) is 96.1 Å². The summed E-state index contributed by atoms with van der Waals surface area (Å²) in [5, 5.41) is 24.4.